The molecule has 30 heavy (non-hydrogen) atoms. The topological polar surface area (TPSA) is 95.6 Å². The fraction of sp³-hybridized carbons (Fsp3) is 0.333. The molecule has 1 saturated heterocycles. The highest BCUT2D eigenvalue weighted by Crippen LogP contribution is 2.29. The SMILES string of the molecule is O=C1CCc2cc(S(=O)(=O)N3CCC(C(=O)Nc4cccc(Cl)c4)CC3)ccc2N1. The highest BCUT2D eigenvalue weighted by atomic mass is 35.5. The highest BCUT2D eigenvalue weighted by Gasteiger charge is 2.32. The number of halogens is 1. The molecule has 2 aliphatic rings. The number of anilines is 2. The highest BCUT2D eigenvalue weighted by molar-refractivity contribution is 7.89. The number of amides is 2. The number of nitrogens with one attached hydrogen (secondary N) is 2. The Balaban J connectivity index is 1.41. The van der Waals surface area contributed by atoms with Crippen LogP contribution >= 0.6 is 11.6 Å². The maximum absolute atomic E-state index is 13.1. The van der Waals surface area contributed by atoms with Gasteiger partial charge in [-0.15, -0.1) is 0 Å². The summed E-state index contributed by atoms with van der Waals surface area (Å²) in [5.41, 5.74) is 2.12. The number of carbonyl (C=O) groups excluding carboxylic acids is 2. The van der Waals surface area contributed by atoms with Gasteiger partial charge in [0.25, 0.3) is 0 Å². The van der Waals surface area contributed by atoms with Gasteiger partial charge in [-0.05, 0) is 61.2 Å². The average molecular weight is 448 g/mol. The number of benzene rings is 2. The molecular weight excluding hydrogens is 426 g/mol. The van der Waals surface area contributed by atoms with Gasteiger partial charge in [0.05, 0.1) is 4.90 Å². The second-order valence-electron chi connectivity index (χ2n) is 7.55. The second kappa shape index (κ2) is 8.37. The van der Waals surface area contributed by atoms with E-state index in [4.69, 9.17) is 11.6 Å². The molecule has 0 unspecified atom stereocenters. The predicted octanol–water partition coefficient (Wildman–Crippen LogP) is 3.26. The molecule has 2 aromatic rings. The summed E-state index contributed by atoms with van der Waals surface area (Å²) < 4.78 is 27.6. The Hall–Kier alpha value is -2.42. The number of piperidine rings is 1. The van der Waals surface area contributed by atoms with Crippen molar-refractivity contribution in [1.82, 2.24) is 4.31 Å². The van der Waals surface area contributed by atoms with Crippen LogP contribution in [0.1, 0.15) is 24.8 Å². The molecule has 1 fully saturated rings. The first kappa shape index (κ1) is 20.8. The van der Waals surface area contributed by atoms with E-state index >= 15 is 0 Å². The second-order valence-corrected chi connectivity index (χ2v) is 9.92. The van der Waals surface area contributed by atoms with Crippen LogP contribution in [0.3, 0.4) is 0 Å². The molecule has 4 rings (SSSR count). The Labute approximate surface area is 180 Å². The molecule has 2 aromatic carbocycles. The molecule has 2 aliphatic heterocycles. The number of carbonyl (C=O) groups is 2. The van der Waals surface area contributed by atoms with Gasteiger partial charge in [-0.2, -0.15) is 4.31 Å². The van der Waals surface area contributed by atoms with Crippen molar-refractivity contribution in [3.05, 3.63) is 53.1 Å². The van der Waals surface area contributed by atoms with E-state index in [0.717, 1.165) is 5.56 Å². The molecular formula is C21H22ClN3O4S. The standard InChI is InChI=1S/C21H22ClN3O4S/c22-16-2-1-3-17(13-16)23-21(27)14-8-10-25(11-9-14)30(28,29)18-5-6-19-15(12-18)4-7-20(26)24-19/h1-3,5-6,12-14H,4,7-11H2,(H,23,27)(H,24,26). The van der Waals surface area contributed by atoms with Crippen molar-refractivity contribution in [3.63, 3.8) is 0 Å². The van der Waals surface area contributed by atoms with Gasteiger partial charge in [0.1, 0.15) is 0 Å². The third-order valence-corrected chi connectivity index (χ3v) is 7.66. The van der Waals surface area contributed by atoms with Crippen LogP contribution < -0.4 is 10.6 Å². The first-order chi connectivity index (χ1) is 14.3. The lowest BCUT2D eigenvalue weighted by Gasteiger charge is -2.31. The van der Waals surface area contributed by atoms with Gasteiger partial charge in [-0.3, -0.25) is 9.59 Å². The number of sulfonamides is 1. The van der Waals surface area contributed by atoms with E-state index in [9.17, 15) is 18.0 Å². The average Bonchev–Trinajstić information content (AvgIpc) is 2.73. The predicted molar refractivity (Wildman–Crippen MR) is 115 cm³/mol. The van der Waals surface area contributed by atoms with E-state index in [1.807, 2.05) is 0 Å². The Morgan fingerprint density at radius 2 is 1.87 bits per heavy atom. The molecule has 2 N–H and O–H groups in total. The molecule has 0 bridgehead atoms. The minimum atomic E-state index is -3.65. The van der Waals surface area contributed by atoms with Gasteiger partial charge >= 0.3 is 0 Å². The largest absolute Gasteiger partial charge is 0.326 e. The maximum Gasteiger partial charge on any atom is 0.243 e. The molecule has 158 valence electrons. The van der Waals surface area contributed by atoms with Gasteiger partial charge < -0.3 is 10.6 Å². The zero-order valence-corrected chi connectivity index (χ0v) is 17.8. The zero-order chi connectivity index (χ0) is 21.3. The summed E-state index contributed by atoms with van der Waals surface area (Å²) in [7, 11) is -3.65. The lowest BCUT2D eigenvalue weighted by Crippen LogP contribution is -2.41. The molecule has 0 atom stereocenters. The fourth-order valence-corrected chi connectivity index (χ4v) is 5.55. The van der Waals surface area contributed by atoms with Gasteiger partial charge in [-0.1, -0.05) is 17.7 Å². The van der Waals surface area contributed by atoms with Crippen LogP contribution in [0.15, 0.2) is 47.4 Å². The Kier molecular flexibility index (Phi) is 5.81. The zero-order valence-electron chi connectivity index (χ0n) is 16.2. The van der Waals surface area contributed by atoms with Crippen LogP contribution in [-0.4, -0.2) is 37.6 Å². The van der Waals surface area contributed by atoms with E-state index in [2.05, 4.69) is 10.6 Å². The van der Waals surface area contributed by atoms with E-state index in [-0.39, 0.29) is 35.7 Å². The maximum atomic E-state index is 13.1. The van der Waals surface area contributed by atoms with Crippen LogP contribution in [0.4, 0.5) is 11.4 Å². The molecule has 0 radical (unpaired) electrons. The van der Waals surface area contributed by atoms with Crippen molar-refractivity contribution in [3.8, 4) is 0 Å². The number of nitrogens with zero attached hydrogens (tertiary/aromatic N) is 1. The molecule has 0 aromatic heterocycles. The fourth-order valence-electron chi connectivity index (χ4n) is 3.84. The van der Waals surface area contributed by atoms with Crippen molar-refractivity contribution in [2.45, 2.75) is 30.6 Å². The van der Waals surface area contributed by atoms with Gasteiger partial charge in [0.2, 0.25) is 21.8 Å². The van der Waals surface area contributed by atoms with Crippen LogP contribution in [0.5, 0.6) is 0 Å². The van der Waals surface area contributed by atoms with Crippen LogP contribution in [0, 0.1) is 5.92 Å². The first-order valence-electron chi connectivity index (χ1n) is 9.82. The van der Waals surface area contributed by atoms with Crippen LogP contribution in [0.2, 0.25) is 5.02 Å². The van der Waals surface area contributed by atoms with Crippen molar-refractivity contribution in [2.75, 3.05) is 23.7 Å². The monoisotopic (exact) mass is 447 g/mol. The smallest absolute Gasteiger partial charge is 0.243 e. The third-order valence-electron chi connectivity index (χ3n) is 5.53. The Morgan fingerprint density at radius 1 is 1.10 bits per heavy atom. The lowest BCUT2D eigenvalue weighted by atomic mass is 9.97. The van der Waals surface area contributed by atoms with Crippen molar-refractivity contribution in [1.29, 1.82) is 0 Å². The summed E-state index contributed by atoms with van der Waals surface area (Å²) in [5, 5.41) is 6.15. The minimum Gasteiger partial charge on any atom is -0.326 e. The molecule has 7 nitrogen and oxygen atoms in total. The van der Waals surface area contributed by atoms with Gasteiger partial charge in [0, 0.05) is 41.8 Å². The van der Waals surface area contributed by atoms with E-state index in [0.29, 0.717) is 42.1 Å². The molecule has 2 heterocycles. The summed E-state index contributed by atoms with van der Waals surface area (Å²) in [5.74, 6) is -0.441. The van der Waals surface area contributed by atoms with Crippen LogP contribution in [0.25, 0.3) is 0 Å². The summed E-state index contributed by atoms with van der Waals surface area (Å²) in [6, 6.07) is 11.7. The lowest BCUT2D eigenvalue weighted by molar-refractivity contribution is -0.121. The quantitative estimate of drug-likeness (QED) is 0.751. The minimum absolute atomic E-state index is 0.0590. The first-order valence-corrected chi connectivity index (χ1v) is 11.6. The Morgan fingerprint density at radius 3 is 2.60 bits per heavy atom. The summed E-state index contributed by atoms with van der Waals surface area (Å²) in [6.45, 7) is 0.563. The van der Waals surface area contributed by atoms with Crippen molar-refractivity contribution in [2.24, 2.45) is 5.92 Å². The summed E-state index contributed by atoms with van der Waals surface area (Å²) >= 11 is 5.95. The van der Waals surface area contributed by atoms with E-state index < -0.39 is 10.0 Å². The van der Waals surface area contributed by atoms with Crippen molar-refractivity contribution >= 4 is 44.8 Å². The number of fused-ring (bicyclic) bond motifs is 1. The summed E-state index contributed by atoms with van der Waals surface area (Å²) in [4.78, 5) is 24.3. The third kappa shape index (κ3) is 4.35. The molecule has 0 aliphatic carbocycles. The summed E-state index contributed by atoms with van der Waals surface area (Å²) in [6.07, 6.45) is 1.78. The van der Waals surface area contributed by atoms with Crippen molar-refractivity contribution < 1.29 is 18.0 Å². The van der Waals surface area contributed by atoms with Crippen LogP contribution in [-0.2, 0) is 26.0 Å². The number of hydrogen-bond acceptors (Lipinski definition) is 4. The van der Waals surface area contributed by atoms with E-state index in [1.165, 1.54) is 10.4 Å². The van der Waals surface area contributed by atoms with Gasteiger partial charge in [0.15, 0.2) is 0 Å². The van der Waals surface area contributed by atoms with E-state index in [1.54, 1.807) is 36.4 Å². The molecule has 2 amide bonds. The normalized spacial score (nSPS) is 17.8. The number of rotatable bonds is 4. The van der Waals surface area contributed by atoms with Gasteiger partial charge in [-0.25, -0.2) is 8.42 Å². The molecule has 9 heteroatoms. The molecule has 0 spiro atoms. The number of aryl methyl sites for hydroxylation is 1. The Bertz CT molecular complexity index is 1100. The number of hydrogen-bond donors (Lipinski definition) is 2. The molecule has 0 saturated carbocycles.